The van der Waals surface area contributed by atoms with Crippen LogP contribution in [0.3, 0.4) is 0 Å². The van der Waals surface area contributed by atoms with Crippen molar-refractivity contribution in [3.05, 3.63) is 34.9 Å². The van der Waals surface area contributed by atoms with Crippen LogP contribution in [0.25, 0.3) is 0 Å². The number of allylic oxidation sites excluding steroid dienone is 6. The van der Waals surface area contributed by atoms with Gasteiger partial charge in [-0.15, -0.1) is 0 Å². The maximum atomic E-state index is 12.8. The van der Waals surface area contributed by atoms with E-state index in [1.807, 2.05) is 32.9 Å². The first kappa shape index (κ1) is 19.8. The number of ether oxygens (including phenoxy) is 1. The molecular formula is C23H22N2O3. The summed E-state index contributed by atoms with van der Waals surface area (Å²) in [6.07, 6.45) is 6.16. The van der Waals surface area contributed by atoms with Crippen LogP contribution >= 0.6 is 0 Å². The molecule has 0 amide bonds. The molecule has 0 saturated heterocycles. The summed E-state index contributed by atoms with van der Waals surface area (Å²) in [6.45, 7) is 5.95. The second kappa shape index (κ2) is 6.59. The van der Waals surface area contributed by atoms with Gasteiger partial charge >= 0.3 is 0 Å². The molecule has 5 heteroatoms. The summed E-state index contributed by atoms with van der Waals surface area (Å²) in [5, 5.41) is 18.9. The normalized spacial score (nSPS) is 32.9. The van der Waals surface area contributed by atoms with Crippen molar-refractivity contribution in [3.63, 3.8) is 0 Å². The number of hydrogen-bond donors (Lipinski definition) is 0. The predicted octanol–water partition coefficient (Wildman–Crippen LogP) is 3.06. The van der Waals surface area contributed by atoms with Crippen LogP contribution in [0.5, 0.6) is 0 Å². The van der Waals surface area contributed by atoms with Crippen LogP contribution in [0.1, 0.15) is 33.6 Å². The number of ketones is 2. The molecule has 3 atom stereocenters. The quantitative estimate of drug-likeness (QED) is 0.658. The lowest BCUT2D eigenvalue weighted by molar-refractivity contribution is -0.130. The second-order valence-electron chi connectivity index (χ2n) is 8.39. The summed E-state index contributed by atoms with van der Waals surface area (Å²) >= 11 is 0. The zero-order valence-corrected chi connectivity index (χ0v) is 16.5. The summed E-state index contributed by atoms with van der Waals surface area (Å²) in [6, 6.07) is 4.01. The molecule has 0 radical (unpaired) electrons. The van der Waals surface area contributed by atoms with E-state index in [2.05, 4.69) is 11.8 Å². The van der Waals surface area contributed by atoms with Crippen LogP contribution in [-0.4, -0.2) is 25.3 Å². The highest BCUT2D eigenvalue weighted by Crippen LogP contribution is 2.63. The molecule has 0 aromatic rings. The van der Waals surface area contributed by atoms with E-state index in [1.165, 1.54) is 6.08 Å². The fraction of sp³-hybridized carbons (Fsp3) is 0.478. The van der Waals surface area contributed by atoms with Gasteiger partial charge in [0, 0.05) is 17.9 Å². The smallest absolute Gasteiger partial charge is 0.196 e. The number of carbonyl (C=O) groups excluding carboxylic acids is 2. The average Bonchev–Trinajstić information content (AvgIpc) is 2.65. The average molecular weight is 374 g/mol. The van der Waals surface area contributed by atoms with Crippen molar-refractivity contribution in [2.45, 2.75) is 33.6 Å². The molecule has 0 aromatic carbocycles. The molecule has 5 nitrogen and oxygen atoms in total. The van der Waals surface area contributed by atoms with E-state index in [9.17, 15) is 20.1 Å². The van der Waals surface area contributed by atoms with E-state index < -0.39 is 16.2 Å². The third-order valence-corrected chi connectivity index (χ3v) is 6.46. The van der Waals surface area contributed by atoms with Crippen molar-refractivity contribution in [2.75, 3.05) is 13.7 Å². The first-order valence-corrected chi connectivity index (χ1v) is 9.23. The fourth-order valence-electron chi connectivity index (χ4n) is 5.20. The summed E-state index contributed by atoms with van der Waals surface area (Å²) in [5.41, 5.74) is -1.24. The summed E-state index contributed by atoms with van der Waals surface area (Å²) in [7, 11) is 1.56. The van der Waals surface area contributed by atoms with Crippen molar-refractivity contribution in [2.24, 2.45) is 22.2 Å². The van der Waals surface area contributed by atoms with Gasteiger partial charge in [-0.2, -0.15) is 10.5 Å². The van der Waals surface area contributed by atoms with Gasteiger partial charge in [0.1, 0.15) is 18.7 Å². The maximum absolute atomic E-state index is 12.8. The minimum absolute atomic E-state index is 0.0713. The molecule has 3 aliphatic carbocycles. The highest BCUT2D eigenvalue weighted by atomic mass is 16.5. The largest absolute Gasteiger partial charge is 0.372 e. The van der Waals surface area contributed by atoms with Gasteiger partial charge in [0.2, 0.25) is 0 Å². The Labute approximate surface area is 165 Å². The molecule has 1 saturated carbocycles. The third kappa shape index (κ3) is 2.65. The molecule has 3 rings (SSSR count). The monoisotopic (exact) mass is 374 g/mol. The zero-order valence-electron chi connectivity index (χ0n) is 16.5. The maximum Gasteiger partial charge on any atom is 0.196 e. The Bertz CT molecular complexity index is 1000. The molecule has 1 fully saturated rings. The fourth-order valence-corrected chi connectivity index (χ4v) is 5.20. The Hall–Kier alpha value is -2.94. The number of fused-ring (bicyclic) bond motifs is 3. The second-order valence-corrected chi connectivity index (χ2v) is 8.39. The molecule has 0 spiro atoms. The van der Waals surface area contributed by atoms with Crippen LogP contribution in [0, 0.1) is 56.7 Å². The van der Waals surface area contributed by atoms with Gasteiger partial charge in [-0.3, -0.25) is 9.59 Å². The number of rotatable bonds is 1. The van der Waals surface area contributed by atoms with Crippen molar-refractivity contribution >= 4 is 11.6 Å². The molecule has 0 N–H and O–H groups in total. The minimum Gasteiger partial charge on any atom is -0.372 e. The summed E-state index contributed by atoms with van der Waals surface area (Å²) in [5.74, 6) is 5.63. The van der Waals surface area contributed by atoms with Gasteiger partial charge in [0.25, 0.3) is 0 Å². The van der Waals surface area contributed by atoms with E-state index in [-0.39, 0.29) is 35.2 Å². The predicted molar refractivity (Wildman–Crippen MR) is 102 cm³/mol. The minimum atomic E-state index is -0.781. The lowest BCUT2D eigenvalue weighted by atomic mass is 9.45. The molecule has 0 bridgehead atoms. The van der Waals surface area contributed by atoms with Crippen LogP contribution in [0.2, 0.25) is 0 Å². The molecule has 28 heavy (non-hydrogen) atoms. The highest BCUT2D eigenvalue weighted by Gasteiger charge is 2.59. The van der Waals surface area contributed by atoms with E-state index in [1.54, 1.807) is 19.3 Å². The first-order chi connectivity index (χ1) is 13.2. The Balaban J connectivity index is 2.28. The molecule has 3 aliphatic rings. The van der Waals surface area contributed by atoms with Crippen LogP contribution in [-0.2, 0) is 14.3 Å². The number of methoxy groups -OCH3 is 1. The SMILES string of the molecule is COCC#C[C@@]12C=C(C#N)C(=O)C=C1C1(C)C=C(C#N)C(=O)C(C)(C)[C@@H]1CC2. The van der Waals surface area contributed by atoms with Crippen molar-refractivity contribution < 1.29 is 14.3 Å². The van der Waals surface area contributed by atoms with Gasteiger partial charge in [-0.1, -0.05) is 38.7 Å². The Kier molecular flexibility index (Phi) is 4.66. The number of nitriles is 2. The zero-order chi connectivity index (χ0) is 20.7. The third-order valence-electron chi connectivity index (χ3n) is 6.46. The molecule has 0 aliphatic heterocycles. The van der Waals surface area contributed by atoms with Crippen molar-refractivity contribution in [1.29, 1.82) is 10.5 Å². The van der Waals surface area contributed by atoms with Gasteiger partial charge in [0.15, 0.2) is 11.6 Å². The van der Waals surface area contributed by atoms with E-state index in [0.29, 0.717) is 12.8 Å². The van der Waals surface area contributed by atoms with Gasteiger partial charge in [-0.25, -0.2) is 0 Å². The van der Waals surface area contributed by atoms with Crippen LogP contribution in [0.15, 0.2) is 34.9 Å². The highest BCUT2D eigenvalue weighted by molar-refractivity contribution is 6.09. The van der Waals surface area contributed by atoms with Gasteiger partial charge < -0.3 is 4.74 Å². The number of nitrogens with zero attached hydrogens (tertiary/aromatic N) is 2. The summed E-state index contributed by atoms with van der Waals surface area (Å²) in [4.78, 5) is 25.4. The van der Waals surface area contributed by atoms with Gasteiger partial charge in [0.05, 0.1) is 16.6 Å². The lowest BCUT2D eigenvalue weighted by Gasteiger charge is -2.56. The number of hydrogen-bond acceptors (Lipinski definition) is 5. The van der Waals surface area contributed by atoms with Gasteiger partial charge in [-0.05, 0) is 36.5 Å². The molecular weight excluding hydrogens is 352 g/mol. The Morgan fingerprint density at radius 2 is 1.82 bits per heavy atom. The molecule has 0 heterocycles. The van der Waals surface area contributed by atoms with E-state index in [4.69, 9.17) is 4.74 Å². The van der Waals surface area contributed by atoms with Crippen molar-refractivity contribution in [1.82, 2.24) is 0 Å². The number of Topliss-reactive ketones (excluding diaryl/α,β-unsaturated/α-hetero) is 1. The van der Waals surface area contributed by atoms with Crippen LogP contribution < -0.4 is 0 Å². The molecule has 0 aromatic heterocycles. The Morgan fingerprint density at radius 3 is 2.43 bits per heavy atom. The molecule has 1 unspecified atom stereocenters. The van der Waals surface area contributed by atoms with E-state index in [0.717, 1.165) is 5.57 Å². The van der Waals surface area contributed by atoms with E-state index >= 15 is 0 Å². The number of carbonyl (C=O) groups is 2. The van der Waals surface area contributed by atoms with Crippen molar-refractivity contribution in [3.8, 4) is 24.0 Å². The standard InChI is InChI=1S/C23H22N2O3/c1-21(2)18-6-8-23(7-5-9-28-4)12-15(13-24)17(26)10-19(23)22(18,3)11-16(14-25)20(21)27/h10-12,18H,6,8-9H2,1-4H3/t18-,22?,23+/m0/s1. The topological polar surface area (TPSA) is 90.9 Å². The summed E-state index contributed by atoms with van der Waals surface area (Å²) < 4.78 is 5.05. The molecule has 142 valence electrons. The lowest BCUT2D eigenvalue weighted by Crippen LogP contribution is -2.53. The first-order valence-electron chi connectivity index (χ1n) is 9.23. The Morgan fingerprint density at radius 1 is 1.14 bits per heavy atom. The van der Waals surface area contributed by atoms with Crippen LogP contribution in [0.4, 0.5) is 0 Å².